The van der Waals surface area contributed by atoms with E-state index in [2.05, 4.69) is 5.32 Å². The van der Waals surface area contributed by atoms with Crippen LogP contribution in [0.2, 0.25) is 0 Å². The second-order valence-electron chi connectivity index (χ2n) is 8.41. The molecule has 178 valence electrons. The largest absolute Gasteiger partial charge is 0.493 e. The lowest BCUT2D eigenvalue weighted by atomic mass is 9.99. The molecule has 1 aromatic heterocycles. The number of amides is 2. The van der Waals surface area contributed by atoms with Gasteiger partial charge in [0.15, 0.2) is 17.3 Å². The van der Waals surface area contributed by atoms with E-state index >= 15 is 0 Å². The van der Waals surface area contributed by atoms with Gasteiger partial charge < -0.3 is 19.2 Å². The highest BCUT2D eigenvalue weighted by Gasteiger charge is 2.38. The molecule has 1 aliphatic rings. The maximum absolute atomic E-state index is 13.9. The number of aryl methyl sites for hydroxylation is 1. The molecule has 0 unspecified atom stereocenters. The van der Waals surface area contributed by atoms with E-state index in [1.54, 1.807) is 37.4 Å². The van der Waals surface area contributed by atoms with Gasteiger partial charge in [-0.2, -0.15) is 0 Å². The number of hydrogen-bond donors (Lipinski definition) is 1. The molecule has 0 bridgehead atoms. The molecule has 4 rings (SSSR count). The van der Waals surface area contributed by atoms with Gasteiger partial charge in [-0.1, -0.05) is 43.2 Å². The van der Waals surface area contributed by atoms with Crippen molar-refractivity contribution in [2.75, 3.05) is 19.1 Å². The van der Waals surface area contributed by atoms with E-state index in [-0.39, 0.29) is 17.7 Å². The fourth-order valence-corrected chi connectivity index (χ4v) is 4.59. The van der Waals surface area contributed by atoms with Gasteiger partial charge in [-0.15, -0.1) is 0 Å². The predicted octanol–water partition coefficient (Wildman–Crippen LogP) is 5.05. The molecule has 1 atom stereocenters. The molecule has 1 aliphatic carbocycles. The molecule has 0 aliphatic heterocycles. The molecule has 0 spiro atoms. The van der Waals surface area contributed by atoms with Gasteiger partial charge >= 0.3 is 0 Å². The molecule has 2 amide bonds. The van der Waals surface area contributed by atoms with E-state index in [9.17, 15) is 9.59 Å². The van der Waals surface area contributed by atoms with Gasteiger partial charge in [0.2, 0.25) is 5.91 Å². The highest BCUT2D eigenvalue weighted by Crippen LogP contribution is 2.40. The fourth-order valence-electron chi connectivity index (χ4n) is 4.59. The summed E-state index contributed by atoms with van der Waals surface area (Å²) < 4.78 is 16.7. The van der Waals surface area contributed by atoms with Crippen molar-refractivity contribution in [2.24, 2.45) is 0 Å². The maximum Gasteiger partial charge on any atom is 0.294 e. The van der Waals surface area contributed by atoms with Gasteiger partial charge in [0.25, 0.3) is 5.91 Å². The summed E-state index contributed by atoms with van der Waals surface area (Å²) in [7, 11) is 3.07. The highest BCUT2D eigenvalue weighted by molar-refractivity contribution is 6.09. The Morgan fingerprint density at radius 1 is 1.00 bits per heavy atom. The Hall–Kier alpha value is -3.74. The smallest absolute Gasteiger partial charge is 0.294 e. The summed E-state index contributed by atoms with van der Waals surface area (Å²) in [5.74, 6) is 0.331. The summed E-state index contributed by atoms with van der Waals surface area (Å²) in [6.45, 7) is 1.91. The number of carbonyl (C=O) groups is 2. The number of para-hydroxylation sites is 2. The van der Waals surface area contributed by atoms with Crippen LogP contribution in [-0.4, -0.2) is 32.1 Å². The van der Waals surface area contributed by atoms with E-state index in [0.717, 1.165) is 31.2 Å². The third kappa shape index (κ3) is 4.64. The van der Waals surface area contributed by atoms with Crippen molar-refractivity contribution in [1.82, 2.24) is 5.32 Å². The molecule has 3 aromatic rings. The van der Waals surface area contributed by atoms with Crippen LogP contribution in [0.1, 0.15) is 53.4 Å². The van der Waals surface area contributed by atoms with Crippen LogP contribution in [0.25, 0.3) is 0 Å². The number of nitrogens with one attached hydrogen (secondary N) is 1. The van der Waals surface area contributed by atoms with Crippen molar-refractivity contribution in [1.29, 1.82) is 0 Å². The third-order valence-electron chi connectivity index (χ3n) is 6.26. The van der Waals surface area contributed by atoms with Crippen molar-refractivity contribution in [3.63, 3.8) is 0 Å². The molecule has 1 heterocycles. The molecule has 7 heteroatoms. The van der Waals surface area contributed by atoms with Crippen molar-refractivity contribution in [3.05, 3.63) is 77.7 Å². The number of benzene rings is 2. The third-order valence-corrected chi connectivity index (χ3v) is 6.26. The van der Waals surface area contributed by atoms with Crippen molar-refractivity contribution in [3.8, 4) is 11.5 Å². The lowest BCUT2D eigenvalue weighted by Gasteiger charge is -2.33. The van der Waals surface area contributed by atoms with Gasteiger partial charge in [-0.3, -0.25) is 14.5 Å². The fraction of sp³-hybridized carbons (Fsp3) is 0.333. The lowest BCUT2D eigenvalue weighted by molar-refractivity contribution is -0.123. The zero-order valence-electron chi connectivity index (χ0n) is 19.7. The van der Waals surface area contributed by atoms with Crippen molar-refractivity contribution < 1.29 is 23.5 Å². The molecule has 34 heavy (non-hydrogen) atoms. The second-order valence-corrected chi connectivity index (χ2v) is 8.41. The number of furan rings is 1. The molecular formula is C27H30N2O5. The number of carbonyl (C=O) groups excluding carboxylic acids is 2. The molecule has 0 saturated heterocycles. The monoisotopic (exact) mass is 462 g/mol. The van der Waals surface area contributed by atoms with Crippen LogP contribution in [-0.2, 0) is 4.79 Å². The first-order chi connectivity index (χ1) is 16.5. The molecule has 7 nitrogen and oxygen atoms in total. The van der Waals surface area contributed by atoms with E-state index in [4.69, 9.17) is 13.9 Å². The SMILES string of the molecule is COc1cccc([C@H](C(=O)NC2CCCC2)N(C(=O)c2ccco2)c2ccccc2C)c1OC. The average Bonchev–Trinajstić information content (AvgIpc) is 3.57. The zero-order chi connectivity index (χ0) is 24.1. The van der Waals surface area contributed by atoms with Crippen LogP contribution in [0.3, 0.4) is 0 Å². The molecule has 1 fully saturated rings. The van der Waals surface area contributed by atoms with Crippen molar-refractivity contribution >= 4 is 17.5 Å². The zero-order valence-corrected chi connectivity index (χ0v) is 19.7. The second kappa shape index (κ2) is 10.5. The Morgan fingerprint density at radius 3 is 2.41 bits per heavy atom. The summed E-state index contributed by atoms with van der Waals surface area (Å²) in [5.41, 5.74) is 1.99. The number of methoxy groups -OCH3 is 2. The molecule has 1 saturated carbocycles. The van der Waals surface area contributed by atoms with E-state index in [1.165, 1.54) is 18.3 Å². The number of ether oxygens (including phenoxy) is 2. The van der Waals surface area contributed by atoms with Gasteiger partial charge in [0.05, 0.1) is 20.5 Å². The number of rotatable bonds is 8. The van der Waals surface area contributed by atoms with Crippen LogP contribution in [0.15, 0.2) is 65.3 Å². The quantitative estimate of drug-likeness (QED) is 0.507. The highest BCUT2D eigenvalue weighted by atomic mass is 16.5. The Kier molecular flexibility index (Phi) is 7.21. The minimum atomic E-state index is -1.01. The number of nitrogens with zero attached hydrogens (tertiary/aromatic N) is 1. The minimum absolute atomic E-state index is 0.0732. The van der Waals surface area contributed by atoms with Gasteiger partial charge in [-0.25, -0.2) is 0 Å². The van der Waals surface area contributed by atoms with Gasteiger partial charge in [0.1, 0.15) is 6.04 Å². The Balaban J connectivity index is 1.90. The predicted molar refractivity (Wildman–Crippen MR) is 129 cm³/mol. The Bertz CT molecular complexity index is 1140. The van der Waals surface area contributed by atoms with E-state index < -0.39 is 11.9 Å². The van der Waals surface area contributed by atoms with Gasteiger partial charge in [-0.05, 0) is 49.6 Å². The van der Waals surface area contributed by atoms with Gasteiger partial charge in [0, 0.05) is 17.3 Å². The normalized spacial score (nSPS) is 14.4. The standard InChI is InChI=1S/C27H30N2O5/c1-18-10-4-7-14-21(18)29(27(31)23-16-9-17-34-23)24(26(30)28-19-11-5-6-12-19)20-13-8-15-22(32-2)25(20)33-3/h4,7-10,13-17,19,24H,5-6,11-12H2,1-3H3,(H,28,30)/t24-/m1/s1. The first kappa shape index (κ1) is 23.4. The Morgan fingerprint density at radius 2 is 1.76 bits per heavy atom. The average molecular weight is 463 g/mol. The number of anilines is 1. The van der Waals surface area contributed by atoms with Crippen LogP contribution in [0, 0.1) is 6.92 Å². The Labute approximate surface area is 199 Å². The van der Waals surface area contributed by atoms with Crippen molar-refractivity contribution in [2.45, 2.75) is 44.7 Å². The minimum Gasteiger partial charge on any atom is -0.493 e. The summed E-state index contributed by atoms with van der Waals surface area (Å²) in [5, 5.41) is 3.18. The first-order valence-electron chi connectivity index (χ1n) is 11.5. The molecule has 0 radical (unpaired) electrons. The van der Waals surface area contributed by atoms with Crippen LogP contribution in [0.5, 0.6) is 11.5 Å². The summed E-state index contributed by atoms with van der Waals surface area (Å²) in [6, 6.07) is 15.2. The molecule has 2 aromatic carbocycles. The van der Waals surface area contributed by atoms with Crippen LogP contribution in [0.4, 0.5) is 5.69 Å². The van der Waals surface area contributed by atoms with Crippen LogP contribution < -0.4 is 19.7 Å². The van der Waals surface area contributed by atoms with Crippen LogP contribution >= 0.6 is 0 Å². The first-order valence-corrected chi connectivity index (χ1v) is 11.5. The summed E-state index contributed by atoms with van der Waals surface area (Å²) in [6.07, 6.45) is 5.44. The maximum atomic E-state index is 13.9. The summed E-state index contributed by atoms with van der Waals surface area (Å²) in [4.78, 5) is 29.3. The molecular weight excluding hydrogens is 432 g/mol. The molecule has 1 N–H and O–H groups in total. The summed E-state index contributed by atoms with van der Waals surface area (Å²) >= 11 is 0. The topological polar surface area (TPSA) is 81.0 Å². The lowest BCUT2D eigenvalue weighted by Crippen LogP contribution is -2.46. The number of hydrogen-bond acceptors (Lipinski definition) is 5. The van der Waals surface area contributed by atoms with E-state index in [1.807, 2.05) is 31.2 Å². The van der Waals surface area contributed by atoms with E-state index in [0.29, 0.717) is 22.7 Å².